The van der Waals surface area contributed by atoms with Gasteiger partial charge in [-0.05, 0) is 38.8 Å². The molecule has 2 unspecified atom stereocenters. The van der Waals surface area contributed by atoms with E-state index in [0.29, 0.717) is 5.92 Å². The molecule has 0 aromatic heterocycles. The highest BCUT2D eigenvalue weighted by atomic mass is 16.3. The molecular weight excluding hydrogens is 190 g/mol. The highest BCUT2D eigenvalue weighted by molar-refractivity contribution is 5.79. The van der Waals surface area contributed by atoms with Crippen molar-refractivity contribution in [3.63, 3.8) is 0 Å². The first-order valence-corrected chi connectivity index (χ1v) is 5.75. The van der Waals surface area contributed by atoms with Gasteiger partial charge in [-0.1, -0.05) is 6.92 Å². The summed E-state index contributed by atoms with van der Waals surface area (Å²) in [4.78, 5) is 2.34. The SMILES string of the molecule is CC(CN1CCC(C(C)O)CC1)C(=N)N. The predicted octanol–water partition coefficient (Wildman–Crippen LogP) is 0.651. The number of aliphatic hydroxyl groups excluding tert-OH is 1. The predicted molar refractivity (Wildman–Crippen MR) is 61.9 cm³/mol. The number of amidine groups is 1. The number of piperidine rings is 1. The molecule has 2 atom stereocenters. The zero-order chi connectivity index (χ0) is 11.4. The number of rotatable bonds is 4. The first-order chi connectivity index (χ1) is 7.00. The molecule has 0 bridgehead atoms. The van der Waals surface area contributed by atoms with Gasteiger partial charge in [-0.15, -0.1) is 0 Å². The van der Waals surface area contributed by atoms with Crippen molar-refractivity contribution in [1.29, 1.82) is 5.41 Å². The monoisotopic (exact) mass is 213 g/mol. The van der Waals surface area contributed by atoms with Gasteiger partial charge < -0.3 is 15.7 Å². The molecule has 0 radical (unpaired) electrons. The second-order valence-electron chi connectivity index (χ2n) is 4.74. The van der Waals surface area contributed by atoms with Crippen molar-refractivity contribution >= 4 is 5.84 Å². The number of likely N-dealkylation sites (tertiary alicyclic amines) is 1. The molecule has 4 heteroatoms. The van der Waals surface area contributed by atoms with E-state index in [9.17, 15) is 5.11 Å². The largest absolute Gasteiger partial charge is 0.393 e. The lowest BCUT2D eigenvalue weighted by molar-refractivity contribution is 0.0699. The molecule has 0 spiro atoms. The molecule has 15 heavy (non-hydrogen) atoms. The van der Waals surface area contributed by atoms with Gasteiger partial charge in [0.2, 0.25) is 0 Å². The number of nitrogens with one attached hydrogen (secondary N) is 1. The number of hydrogen-bond donors (Lipinski definition) is 3. The molecule has 4 nitrogen and oxygen atoms in total. The second-order valence-corrected chi connectivity index (χ2v) is 4.74. The molecule has 1 fully saturated rings. The third kappa shape index (κ3) is 3.80. The van der Waals surface area contributed by atoms with Crippen molar-refractivity contribution in [2.45, 2.75) is 32.8 Å². The average Bonchev–Trinajstić information content (AvgIpc) is 2.18. The maximum atomic E-state index is 9.46. The summed E-state index contributed by atoms with van der Waals surface area (Å²) in [5.41, 5.74) is 5.45. The standard InChI is InChI=1S/C11H23N3O/c1-8(11(12)13)7-14-5-3-10(4-6-14)9(2)15/h8-10,15H,3-7H2,1-2H3,(H3,12,13). The summed E-state index contributed by atoms with van der Waals surface area (Å²) in [5, 5.41) is 16.8. The molecule has 1 aliphatic heterocycles. The summed E-state index contributed by atoms with van der Waals surface area (Å²) < 4.78 is 0. The summed E-state index contributed by atoms with van der Waals surface area (Å²) in [6.07, 6.45) is 1.93. The molecule has 1 saturated heterocycles. The maximum Gasteiger partial charge on any atom is 0.0947 e. The minimum absolute atomic E-state index is 0.146. The Kier molecular flexibility index (Phi) is 4.54. The van der Waals surface area contributed by atoms with Gasteiger partial charge in [-0.2, -0.15) is 0 Å². The van der Waals surface area contributed by atoms with E-state index in [1.807, 2.05) is 13.8 Å². The van der Waals surface area contributed by atoms with Gasteiger partial charge in [0.05, 0.1) is 11.9 Å². The maximum absolute atomic E-state index is 9.46. The van der Waals surface area contributed by atoms with Crippen LogP contribution in [0.3, 0.4) is 0 Å². The fourth-order valence-electron chi connectivity index (χ4n) is 2.10. The van der Waals surface area contributed by atoms with Crippen LogP contribution in [0, 0.1) is 17.2 Å². The Bertz CT molecular complexity index is 210. The number of hydrogen-bond acceptors (Lipinski definition) is 3. The smallest absolute Gasteiger partial charge is 0.0947 e. The normalized spacial score (nSPS) is 23.7. The van der Waals surface area contributed by atoms with E-state index in [4.69, 9.17) is 11.1 Å². The van der Waals surface area contributed by atoms with E-state index < -0.39 is 0 Å². The summed E-state index contributed by atoms with van der Waals surface area (Å²) in [6, 6.07) is 0. The lowest BCUT2D eigenvalue weighted by Crippen LogP contribution is -2.41. The molecule has 88 valence electrons. The molecule has 0 saturated carbocycles. The van der Waals surface area contributed by atoms with E-state index >= 15 is 0 Å². The van der Waals surface area contributed by atoms with Gasteiger partial charge in [0.1, 0.15) is 0 Å². The first kappa shape index (κ1) is 12.5. The van der Waals surface area contributed by atoms with E-state index in [0.717, 1.165) is 32.5 Å². The fraction of sp³-hybridized carbons (Fsp3) is 0.909. The van der Waals surface area contributed by atoms with Crippen LogP contribution >= 0.6 is 0 Å². The fourth-order valence-corrected chi connectivity index (χ4v) is 2.10. The molecular formula is C11H23N3O. The van der Waals surface area contributed by atoms with E-state index in [1.54, 1.807) is 0 Å². The second kappa shape index (κ2) is 5.47. The Morgan fingerprint density at radius 1 is 1.47 bits per heavy atom. The lowest BCUT2D eigenvalue weighted by Gasteiger charge is -2.34. The number of aliphatic hydroxyl groups is 1. The minimum Gasteiger partial charge on any atom is -0.393 e. The van der Waals surface area contributed by atoms with Crippen LogP contribution in [-0.2, 0) is 0 Å². The Morgan fingerprint density at radius 3 is 2.40 bits per heavy atom. The molecule has 1 heterocycles. The van der Waals surface area contributed by atoms with Gasteiger partial charge >= 0.3 is 0 Å². The zero-order valence-electron chi connectivity index (χ0n) is 9.74. The lowest BCUT2D eigenvalue weighted by atomic mass is 9.92. The Hall–Kier alpha value is -0.610. The molecule has 0 amide bonds. The summed E-state index contributed by atoms with van der Waals surface area (Å²) in [5.74, 6) is 0.870. The average molecular weight is 213 g/mol. The van der Waals surface area contributed by atoms with Gasteiger partial charge in [-0.3, -0.25) is 5.41 Å². The van der Waals surface area contributed by atoms with Crippen molar-refractivity contribution in [3.05, 3.63) is 0 Å². The highest BCUT2D eigenvalue weighted by Gasteiger charge is 2.23. The quantitative estimate of drug-likeness (QED) is 0.474. The van der Waals surface area contributed by atoms with Crippen LogP contribution in [0.15, 0.2) is 0 Å². The van der Waals surface area contributed by atoms with Crippen molar-refractivity contribution in [1.82, 2.24) is 4.90 Å². The van der Waals surface area contributed by atoms with E-state index in [1.165, 1.54) is 0 Å². The molecule has 4 N–H and O–H groups in total. The van der Waals surface area contributed by atoms with E-state index in [2.05, 4.69) is 4.90 Å². The Balaban J connectivity index is 2.28. The molecule has 0 aromatic rings. The van der Waals surface area contributed by atoms with E-state index in [-0.39, 0.29) is 17.9 Å². The van der Waals surface area contributed by atoms with Gasteiger partial charge in [0, 0.05) is 12.5 Å². The van der Waals surface area contributed by atoms with Crippen LogP contribution in [0.5, 0.6) is 0 Å². The molecule has 1 rings (SSSR count). The third-order valence-electron chi connectivity index (χ3n) is 3.38. The highest BCUT2D eigenvalue weighted by Crippen LogP contribution is 2.20. The van der Waals surface area contributed by atoms with Gasteiger partial charge in [0.15, 0.2) is 0 Å². The molecule has 0 aliphatic carbocycles. The van der Waals surface area contributed by atoms with Crippen molar-refractivity contribution < 1.29 is 5.11 Å². The van der Waals surface area contributed by atoms with Crippen molar-refractivity contribution in [2.75, 3.05) is 19.6 Å². The van der Waals surface area contributed by atoms with Crippen LogP contribution in [0.1, 0.15) is 26.7 Å². The van der Waals surface area contributed by atoms with Crippen molar-refractivity contribution in [3.8, 4) is 0 Å². The molecule has 0 aromatic carbocycles. The summed E-state index contributed by atoms with van der Waals surface area (Å²) >= 11 is 0. The van der Waals surface area contributed by atoms with Crippen LogP contribution in [0.4, 0.5) is 0 Å². The number of nitrogens with zero attached hydrogens (tertiary/aromatic N) is 1. The summed E-state index contributed by atoms with van der Waals surface area (Å²) in [7, 11) is 0. The summed E-state index contributed by atoms with van der Waals surface area (Å²) in [6.45, 7) is 6.78. The Morgan fingerprint density at radius 2 is 2.00 bits per heavy atom. The molecule has 1 aliphatic rings. The first-order valence-electron chi connectivity index (χ1n) is 5.75. The van der Waals surface area contributed by atoms with Crippen molar-refractivity contribution in [2.24, 2.45) is 17.6 Å². The van der Waals surface area contributed by atoms with Crippen LogP contribution in [-0.4, -0.2) is 41.6 Å². The zero-order valence-corrected chi connectivity index (χ0v) is 9.74. The minimum atomic E-state index is -0.183. The topological polar surface area (TPSA) is 73.3 Å². The Labute approximate surface area is 92.0 Å². The van der Waals surface area contributed by atoms with Crippen LogP contribution in [0.2, 0.25) is 0 Å². The van der Waals surface area contributed by atoms with Crippen LogP contribution < -0.4 is 5.73 Å². The van der Waals surface area contributed by atoms with Crippen LogP contribution in [0.25, 0.3) is 0 Å². The van der Waals surface area contributed by atoms with Gasteiger partial charge in [0.25, 0.3) is 0 Å². The van der Waals surface area contributed by atoms with Gasteiger partial charge in [-0.25, -0.2) is 0 Å². The number of nitrogens with two attached hydrogens (primary N) is 1. The third-order valence-corrected chi connectivity index (χ3v) is 3.38.